The Labute approximate surface area is 152 Å². The molecule has 0 atom stereocenters. The summed E-state index contributed by atoms with van der Waals surface area (Å²) >= 11 is 0. The third-order valence-corrected chi connectivity index (χ3v) is 5.51. The number of aromatic amines is 1. The van der Waals surface area contributed by atoms with Gasteiger partial charge in [-0.3, -0.25) is 14.9 Å². The molecule has 1 saturated carbocycles. The van der Waals surface area contributed by atoms with Gasteiger partial charge in [0.25, 0.3) is 5.69 Å². The van der Waals surface area contributed by atoms with E-state index in [9.17, 15) is 14.9 Å². The number of ketones is 1. The van der Waals surface area contributed by atoms with Gasteiger partial charge in [-0.1, -0.05) is 19.3 Å². The van der Waals surface area contributed by atoms with E-state index in [0.717, 1.165) is 53.9 Å². The van der Waals surface area contributed by atoms with Gasteiger partial charge in [-0.05, 0) is 43.4 Å². The van der Waals surface area contributed by atoms with Crippen molar-refractivity contribution in [3.63, 3.8) is 0 Å². The van der Waals surface area contributed by atoms with Crippen molar-refractivity contribution in [1.82, 2.24) is 4.98 Å². The van der Waals surface area contributed by atoms with Crippen LogP contribution in [0.1, 0.15) is 61.0 Å². The summed E-state index contributed by atoms with van der Waals surface area (Å²) in [6, 6.07) is 6.92. The molecule has 0 saturated heterocycles. The average Bonchev–Trinajstić information content (AvgIpc) is 3.02. The number of hydrogen-bond donors (Lipinski definition) is 2. The van der Waals surface area contributed by atoms with Crippen LogP contribution in [-0.2, 0) is 6.42 Å². The van der Waals surface area contributed by atoms with E-state index in [1.807, 2.05) is 0 Å². The summed E-state index contributed by atoms with van der Waals surface area (Å²) in [5.41, 5.74) is 3.55. The molecule has 0 spiro atoms. The van der Waals surface area contributed by atoms with E-state index in [-0.39, 0.29) is 11.5 Å². The molecular formula is C20H23N3O3. The van der Waals surface area contributed by atoms with E-state index in [1.165, 1.54) is 31.4 Å². The number of non-ortho nitro benzene ring substituents is 1. The number of nitrogens with one attached hydrogen (secondary N) is 2. The largest absolute Gasteiger partial charge is 0.368 e. The third-order valence-electron chi connectivity index (χ3n) is 5.51. The van der Waals surface area contributed by atoms with E-state index in [2.05, 4.69) is 10.3 Å². The minimum absolute atomic E-state index is 0.0614. The molecule has 1 aromatic carbocycles. The molecule has 1 heterocycles. The van der Waals surface area contributed by atoms with Gasteiger partial charge in [0.2, 0.25) is 0 Å². The number of aryl methyl sites for hydroxylation is 1. The molecule has 2 aliphatic rings. The van der Waals surface area contributed by atoms with Crippen molar-refractivity contribution in [3.05, 3.63) is 45.6 Å². The molecule has 1 aromatic heterocycles. The van der Waals surface area contributed by atoms with E-state index < -0.39 is 4.92 Å². The van der Waals surface area contributed by atoms with Crippen molar-refractivity contribution in [2.45, 2.75) is 57.4 Å². The molecule has 2 aliphatic carbocycles. The predicted octanol–water partition coefficient (Wildman–Crippen LogP) is 4.85. The fourth-order valence-corrected chi connectivity index (χ4v) is 4.20. The molecule has 1 fully saturated rings. The maximum absolute atomic E-state index is 12.6. The van der Waals surface area contributed by atoms with Gasteiger partial charge in [0.1, 0.15) is 5.82 Å². The molecular weight excluding hydrogens is 330 g/mol. The van der Waals surface area contributed by atoms with Gasteiger partial charge < -0.3 is 10.3 Å². The zero-order valence-electron chi connectivity index (χ0n) is 14.7. The Morgan fingerprint density at radius 1 is 1.00 bits per heavy atom. The highest BCUT2D eigenvalue weighted by Crippen LogP contribution is 2.39. The van der Waals surface area contributed by atoms with E-state index in [0.29, 0.717) is 12.5 Å². The number of rotatable bonds is 4. The molecule has 0 amide bonds. The maximum Gasteiger partial charge on any atom is 0.269 e. The molecule has 0 bridgehead atoms. The van der Waals surface area contributed by atoms with Crippen LogP contribution in [0.15, 0.2) is 24.3 Å². The van der Waals surface area contributed by atoms with Gasteiger partial charge in [-0.2, -0.15) is 0 Å². The van der Waals surface area contributed by atoms with Crippen molar-refractivity contribution in [2.75, 3.05) is 5.32 Å². The minimum atomic E-state index is -0.400. The summed E-state index contributed by atoms with van der Waals surface area (Å²) in [7, 11) is 0. The quantitative estimate of drug-likeness (QED) is 0.607. The lowest BCUT2D eigenvalue weighted by Gasteiger charge is -2.24. The van der Waals surface area contributed by atoms with Crippen molar-refractivity contribution in [2.24, 2.45) is 0 Å². The SMILES string of the molecule is O=C1CCCc2[nH]c(NC3CCCCC3)c(-c3ccc([N+](=O)[O-])cc3)c21. The number of carbonyl (C=O) groups is 1. The summed E-state index contributed by atoms with van der Waals surface area (Å²) in [4.78, 5) is 26.6. The first-order chi connectivity index (χ1) is 12.6. The normalized spacial score (nSPS) is 17.8. The molecule has 2 aromatic rings. The Hall–Kier alpha value is -2.63. The van der Waals surface area contributed by atoms with Gasteiger partial charge in [0.05, 0.1) is 4.92 Å². The summed E-state index contributed by atoms with van der Waals surface area (Å²) in [6.07, 6.45) is 8.31. The van der Waals surface area contributed by atoms with Gasteiger partial charge in [0, 0.05) is 41.4 Å². The number of nitrogens with zero attached hydrogens (tertiary/aromatic N) is 1. The monoisotopic (exact) mass is 353 g/mol. The van der Waals surface area contributed by atoms with Crippen LogP contribution in [0.25, 0.3) is 11.1 Å². The van der Waals surface area contributed by atoms with Gasteiger partial charge in [-0.15, -0.1) is 0 Å². The number of aromatic nitrogens is 1. The van der Waals surface area contributed by atoms with Crippen LogP contribution >= 0.6 is 0 Å². The van der Waals surface area contributed by atoms with E-state index in [1.54, 1.807) is 12.1 Å². The first-order valence-corrected chi connectivity index (χ1v) is 9.43. The lowest BCUT2D eigenvalue weighted by molar-refractivity contribution is -0.384. The summed E-state index contributed by atoms with van der Waals surface area (Å²) < 4.78 is 0. The van der Waals surface area contributed by atoms with Crippen LogP contribution in [0.4, 0.5) is 11.5 Å². The molecule has 0 unspecified atom stereocenters. The van der Waals surface area contributed by atoms with Crippen molar-refractivity contribution in [1.29, 1.82) is 0 Å². The number of fused-ring (bicyclic) bond motifs is 1. The van der Waals surface area contributed by atoms with Crippen molar-refractivity contribution in [3.8, 4) is 11.1 Å². The molecule has 26 heavy (non-hydrogen) atoms. The number of hydrogen-bond acceptors (Lipinski definition) is 4. The maximum atomic E-state index is 12.6. The Bertz CT molecular complexity index is 833. The minimum Gasteiger partial charge on any atom is -0.368 e. The fraction of sp³-hybridized carbons (Fsp3) is 0.450. The lowest BCUT2D eigenvalue weighted by Crippen LogP contribution is -2.22. The summed E-state index contributed by atoms with van der Waals surface area (Å²) in [6.45, 7) is 0. The topological polar surface area (TPSA) is 88.0 Å². The number of carbonyl (C=O) groups excluding carboxylic acids is 1. The number of H-pyrrole nitrogens is 1. The number of nitro groups is 1. The second-order valence-electron chi connectivity index (χ2n) is 7.29. The molecule has 0 radical (unpaired) electrons. The zero-order chi connectivity index (χ0) is 18.1. The molecule has 6 heteroatoms. The number of nitro benzene ring substituents is 1. The Morgan fingerprint density at radius 2 is 1.73 bits per heavy atom. The molecule has 4 rings (SSSR count). The van der Waals surface area contributed by atoms with Crippen LogP contribution in [0.2, 0.25) is 0 Å². The van der Waals surface area contributed by atoms with Crippen molar-refractivity contribution < 1.29 is 9.72 Å². The lowest BCUT2D eigenvalue weighted by atomic mass is 9.90. The fourth-order valence-electron chi connectivity index (χ4n) is 4.20. The van der Waals surface area contributed by atoms with Gasteiger partial charge in [-0.25, -0.2) is 0 Å². The van der Waals surface area contributed by atoms with Crippen LogP contribution < -0.4 is 5.32 Å². The summed E-state index contributed by atoms with van der Waals surface area (Å²) in [5.74, 6) is 1.05. The van der Waals surface area contributed by atoms with Crippen LogP contribution in [0.3, 0.4) is 0 Å². The smallest absolute Gasteiger partial charge is 0.269 e. The van der Waals surface area contributed by atoms with E-state index >= 15 is 0 Å². The molecule has 6 nitrogen and oxygen atoms in total. The highest BCUT2D eigenvalue weighted by atomic mass is 16.6. The number of Topliss-reactive ketones (excluding diaryl/α,β-unsaturated/α-hetero) is 1. The first kappa shape index (κ1) is 16.8. The highest BCUT2D eigenvalue weighted by molar-refractivity contribution is 6.07. The number of anilines is 1. The van der Waals surface area contributed by atoms with E-state index in [4.69, 9.17) is 0 Å². The zero-order valence-corrected chi connectivity index (χ0v) is 14.7. The summed E-state index contributed by atoms with van der Waals surface area (Å²) in [5, 5.41) is 14.6. The Kier molecular flexibility index (Phi) is 4.49. The first-order valence-electron chi connectivity index (χ1n) is 9.43. The molecule has 136 valence electrons. The third kappa shape index (κ3) is 3.11. The molecule has 2 N–H and O–H groups in total. The second-order valence-corrected chi connectivity index (χ2v) is 7.29. The van der Waals surface area contributed by atoms with Crippen LogP contribution in [0.5, 0.6) is 0 Å². The van der Waals surface area contributed by atoms with Gasteiger partial charge in [0.15, 0.2) is 5.78 Å². The Morgan fingerprint density at radius 3 is 2.42 bits per heavy atom. The predicted molar refractivity (Wildman–Crippen MR) is 101 cm³/mol. The standard InChI is InChI=1S/C20H23N3O3/c24-17-8-4-7-16-19(17)18(13-9-11-15(12-10-13)23(25)26)20(22-16)21-14-5-2-1-3-6-14/h9-12,14,21-22H,1-8H2. The number of benzene rings is 1. The average molecular weight is 353 g/mol. The Balaban J connectivity index is 1.76. The second kappa shape index (κ2) is 6.94. The van der Waals surface area contributed by atoms with Crippen LogP contribution in [0, 0.1) is 10.1 Å². The highest BCUT2D eigenvalue weighted by Gasteiger charge is 2.28. The van der Waals surface area contributed by atoms with Gasteiger partial charge >= 0.3 is 0 Å². The van der Waals surface area contributed by atoms with Crippen LogP contribution in [-0.4, -0.2) is 21.7 Å². The molecule has 0 aliphatic heterocycles. The van der Waals surface area contributed by atoms with Crippen molar-refractivity contribution >= 4 is 17.3 Å².